The van der Waals surface area contributed by atoms with Crippen LogP contribution in [-0.4, -0.2) is 47.9 Å². The predicted molar refractivity (Wildman–Crippen MR) is 58.9 cm³/mol. The number of nitrogens with one attached hydrogen (secondary N) is 4. The minimum Gasteiger partial charge on any atom is -0.383 e. The summed E-state index contributed by atoms with van der Waals surface area (Å²) < 4.78 is 4.75. The second kappa shape index (κ2) is 6.43. The molecule has 0 unspecified atom stereocenters. The molecule has 1 rings (SSSR count). The molecule has 1 aromatic rings. The maximum atomic E-state index is 11.2. The average molecular weight is 243 g/mol. The number of aromatic amines is 2. The van der Waals surface area contributed by atoms with Gasteiger partial charge >= 0.3 is 5.69 Å². The minimum atomic E-state index is -0.704. The van der Waals surface area contributed by atoms with Gasteiger partial charge < -0.3 is 15.4 Å². The van der Waals surface area contributed by atoms with Crippen LogP contribution in [0.4, 0.5) is 5.82 Å². The van der Waals surface area contributed by atoms with Gasteiger partial charge in [0.2, 0.25) is 11.7 Å². The van der Waals surface area contributed by atoms with Crippen molar-refractivity contribution >= 4 is 11.7 Å². The molecular formula is C8H13N5O4. The number of methoxy groups -OCH3 is 1. The third kappa shape index (κ3) is 4.47. The quantitative estimate of drug-likeness (QED) is 0.413. The number of anilines is 1. The van der Waals surface area contributed by atoms with E-state index in [1.165, 1.54) is 7.11 Å². The van der Waals surface area contributed by atoms with E-state index in [4.69, 9.17) is 4.74 Å². The molecule has 0 aliphatic heterocycles. The zero-order valence-electron chi connectivity index (χ0n) is 9.20. The van der Waals surface area contributed by atoms with E-state index in [2.05, 4.69) is 15.7 Å². The van der Waals surface area contributed by atoms with E-state index in [-0.39, 0.29) is 18.3 Å². The lowest BCUT2D eigenvalue weighted by molar-refractivity contribution is -0.119. The highest BCUT2D eigenvalue weighted by atomic mass is 16.5. The van der Waals surface area contributed by atoms with Crippen LogP contribution >= 0.6 is 0 Å². The highest BCUT2D eigenvalue weighted by molar-refractivity contribution is 5.80. The van der Waals surface area contributed by atoms with E-state index in [0.717, 1.165) is 0 Å². The molecule has 17 heavy (non-hydrogen) atoms. The molecule has 0 spiro atoms. The SMILES string of the molecule is COCCNC(=O)CNc1n[nH]c(=O)[nH]c1=O. The summed E-state index contributed by atoms with van der Waals surface area (Å²) in [6, 6.07) is 0. The summed E-state index contributed by atoms with van der Waals surface area (Å²) in [4.78, 5) is 35.0. The highest BCUT2D eigenvalue weighted by Crippen LogP contribution is 1.84. The molecule has 1 amide bonds. The van der Waals surface area contributed by atoms with Crippen molar-refractivity contribution in [2.24, 2.45) is 0 Å². The first-order chi connectivity index (χ1) is 8.13. The van der Waals surface area contributed by atoms with Crippen molar-refractivity contribution in [1.29, 1.82) is 0 Å². The lowest BCUT2D eigenvalue weighted by Gasteiger charge is -2.05. The number of carbonyl (C=O) groups is 1. The van der Waals surface area contributed by atoms with Crippen LogP contribution in [0.2, 0.25) is 0 Å². The van der Waals surface area contributed by atoms with Crippen molar-refractivity contribution in [2.75, 3.05) is 32.1 Å². The molecule has 0 aliphatic rings. The monoisotopic (exact) mass is 243 g/mol. The van der Waals surface area contributed by atoms with E-state index < -0.39 is 11.2 Å². The third-order valence-electron chi connectivity index (χ3n) is 1.76. The van der Waals surface area contributed by atoms with Crippen LogP contribution in [-0.2, 0) is 9.53 Å². The number of hydrogen-bond donors (Lipinski definition) is 4. The Bertz CT molecular complexity index is 479. The molecule has 4 N–H and O–H groups in total. The number of nitrogens with zero attached hydrogens (tertiary/aromatic N) is 1. The Kier molecular flexibility index (Phi) is 4.88. The van der Waals surface area contributed by atoms with Gasteiger partial charge in [0.05, 0.1) is 13.2 Å². The van der Waals surface area contributed by atoms with Crippen LogP contribution in [0.15, 0.2) is 9.59 Å². The second-order valence-electron chi connectivity index (χ2n) is 3.05. The number of amides is 1. The fraction of sp³-hybridized carbons (Fsp3) is 0.500. The van der Waals surface area contributed by atoms with Crippen molar-refractivity contribution in [1.82, 2.24) is 20.5 Å². The lowest BCUT2D eigenvalue weighted by atomic mass is 10.5. The average Bonchev–Trinajstić information content (AvgIpc) is 2.28. The zero-order chi connectivity index (χ0) is 12.7. The summed E-state index contributed by atoms with van der Waals surface area (Å²) in [5, 5.41) is 10.5. The van der Waals surface area contributed by atoms with Gasteiger partial charge in [0.1, 0.15) is 0 Å². The van der Waals surface area contributed by atoms with Crippen molar-refractivity contribution in [3.05, 3.63) is 20.8 Å². The van der Waals surface area contributed by atoms with Crippen molar-refractivity contribution in [2.45, 2.75) is 0 Å². The first kappa shape index (κ1) is 12.9. The number of aromatic nitrogens is 3. The van der Waals surface area contributed by atoms with Crippen molar-refractivity contribution in [3.63, 3.8) is 0 Å². The number of rotatable bonds is 6. The number of ether oxygens (including phenoxy) is 1. The van der Waals surface area contributed by atoms with E-state index >= 15 is 0 Å². The number of hydrogen-bond acceptors (Lipinski definition) is 6. The van der Waals surface area contributed by atoms with Crippen LogP contribution in [0, 0.1) is 0 Å². The van der Waals surface area contributed by atoms with E-state index in [0.29, 0.717) is 13.2 Å². The van der Waals surface area contributed by atoms with Gasteiger partial charge in [0.15, 0.2) is 0 Å². The molecule has 0 saturated heterocycles. The van der Waals surface area contributed by atoms with Crippen LogP contribution in [0.5, 0.6) is 0 Å². The fourth-order valence-corrected chi connectivity index (χ4v) is 0.987. The van der Waals surface area contributed by atoms with E-state index in [1.54, 1.807) is 0 Å². The molecule has 0 aliphatic carbocycles. The minimum absolute atomic E-state index is 0.119. The van der Waals surface area contributed by atoms with Gasteiger partial charge in [0.25, 0.3) is 5.56 Å². The Morgan fingerprint density at radius 1 is 1.47 bits per heavy atom. The first-order valence-corrected chi connectivity index (χ1v) is 4.82. The topological polar surface area (TPSA) is 129 Å². The van der Waals surface area contributed by atoms with Crippen LogP contribution in [0.1, 0.15) is 0 Å². The largest absolute Gasteiger partial charge is 0.383 e. The van der Waals surface area contributed by atoms with Crippen molar-refractivity contribution in [3.8, 4) is 0 Å². The predicted octanol–water partition coefficient (Wildman–Crippen LogP) is -2.37. The van der Waals surface area contributed by atoms with Gasteiger partial charge in [-0.15, -0.1) is 5.10 Å². The molecule has 0 atom stereocenters. The molecule has 9 heteroatoms. The van der Waals surface area contributed by atoms with Crippen LogP contribution < -0.4 is 21.9 Å². The van der Waals surface area contributed by atoms with E-state index in [9.17, 15) is 14.4 Å². The summed E-state index contributed by atoms with van der Waals surface area (Å²) in [5.74, 6) is -0.430. The normalized spacial score (nSPS) is 9.94. The second-order valence-corrected chi connectivity index (χ2v) is 3.05. The van der Waals surface area contributed by atoms with Gasteiger partial charge in [-0.2, -0.15) is 0 Å². The maximum absolute atomic E-state index is 11.2. The van der Waals surface area contributed by atoms with Crippen molar-refractivity contribution < 1.29 is 9.53 Å². The summed E-state index contributed by atoms with van der Waals surface area (Å²) >= 11 is 0. The molecule has 0 saturated carbocycles. The fourth-order valence-electron chi connectivity index (χ4n) is 0.987. The molecule has 0 fully saturated rings. The van der Waals surface area contributed by atoms with Gasteiger partial charge in [-0.1, -0.05) is 0 Å². The molecular weight excluding hydrogens is 230 g/mol. The Morgan fingerprint density at radius 3 is 2.88 bits per heavy atom. The van der Waals surface area contributed by atoms with Crippen LogP contribution in [0.25, 0.3) is 0 Å². The summed E-state index contributed by atoms with van der Waals surface area (Å²) in [6.07, 6.45) is 0. The third-order valence-corrected chi connectivity index (χ3v) is 1.76. The Morgan fingerprint density at radius 2 is 2.24 bits per heavy atom. The van der Waals surface area contributed by atoms with Gasteiger partial charge in [-0.3, -0.25) is 14.6 Å². The maximum Gasteiger partial charge on any atom is 0.342 e. The number of H-pyrrole nitrogens is 2. The Balaban J connectivity index is 2.42. The summed E-state index contributed by atoms with van der Waals surface area (Å²) in [5.41, 5.74) is -1.39. The Labute approximate surface area is 95.6 Å². The highest BCUT2D eigenvalue weighted by Gasteiger charge is 2.04. The molecule has 9 nitrogen and oxygen atoms in total. The first-order valence-electron chi connectivity index (χ1n) is 4.82. The molecule has 0 radical (unpaired) electrons. The molecule has 0 bridgehead atoms. The van der Waals surface area contributed by atoms with Gasteiger partial charge in [-0.25, -0.2) is 9.89 Å². The number of carbonyl (C=O) groups excluding carboxylic acids is 1. The lowest BCUT2D eigenvalue weighted by Crippen LogP contribution is -2.34. The zero-order valence-corrected chi connectivity index (χ0v) is 9.20. The standard InChI is InChI=1S/C8H13N5O4/c1-17-3-2-9-5(14)4-10-6-7(15)11-8(16)13-12-6/h2-4H2,1H3,(H,9,14)(H,10,12)(H2,11,13,15,16). The van der Waals surface area contributed by atoms with Crippen LogP contribution in [0.3, 0.4) is 0 Å². The molecule has 0 aromatic carbocycles. The summed E-state index contributed by atoms with van der Waals surface area (Å²) in [6.45, 7) is 0.668. The molecule has 1 aromatic heterocycles. The van der Waals surface area contributed by atoms with Gasteiger partial charge in [0, 0.05) is 13.7 Å². The molecule has 1 heterocycles. The van der Waals surface area contributed by atoms with E-state index in [1.807, 2.05) is 10.1 Å². The smallest absolute Gasteiger partial charge is 0.342 e. The molecule has 94 valence electrons. The Hall–Kier alpha value is -2.16. The van der Waals surface area contributed by atoms with Gasteiger partial charge in [-0.05, 0) is 0 Å². The summed E-state index contributed by atoms with van der Waals surface area (Å²) in [7, 11) is 1.52.